The predicted octanol–water partition coefficient (Wildman–Crippen LogP) is 3.69. The first kappa shape index (κ1) is 22.7. The van der Waals surface area contributed by atoms with Crippen LogP contribution in [0.4, 0.5) is 5.69 Å². The molecule has 2 aromatic heterocycles. The molecule has 9 heteroatoms. The average Bonchev–Trinajstić information content (AvgIpc) is 3.32. The third kappa shape index (κ3) is 5.09. The van der Waals surface area contributed by atoms with Crippen molar-refractivity contribution in [3.05, 3.63) is 88.3 Å². The molecule has 0 atom stereocenters. The number of rotatable bonds is 7. The Bertz CT molecular complexity index is 1390. The number of nitrogens with zero attached hydrogens (tertiary/aromatic N) is 3. The van der Waals surface area contributed by atoms with Crippen LogP contribution in [0.1, 0.15) is 22.8 Å². The molecule has 9 nitrogen and oxygen atoms in total. The number of aromatic nitrogens is 3. The molecule has 0 fully saturated rings. The van der Waals surface area contributed by atoms with Crippen LogP contribution in [-0.4, -0.2) is 33.2 Å². The van der Waals surface area contributed by atoms with Crippen LogP contribution in [0.25, 0.3) is 22.9 Å². The quantitative estimate of drug-likeness (QED) is 0.420. The van der Waals surface area contributed by atoms with E-state index in [2.05, 4.69) is 15.5 Å². The van der Waals surface area contributed by atoms with E-state index < -0.39 is 17.4 Å². The van der Waals surface area contributed by atoms with E-state index in [4.69, 9.17) is 9.15 Å². The van der Waals surface area contributed by atoms with E-state index in [0.717, 1.165) is 11.1 Å². The van der Waals surface area contributed by atoms with E-state index in [1.165, 1.54) is 16.8 Å². The third-order valence-corrected chi connectivity index (χ3v) is 4.96. The van der Waals surface area contributed by atoms with Gasteiger partial charge in [0.2, 0.25) is 11.8 Å². The minimum Gasteiger partial charge on any atom is -0.465 e. The van der Waals surface area contributed by atoms with Gasteiger partial charge in [-0.05, 0) is 62.4 Å². The van der Waals surface area contributed by atoms with Gasteiger partial charge in [-0.25, -0.2) is 0 Å². The number of hydrogen-bond donors (Lipinski definition) is 1. The van der Waals surface area contributed by atoms with Crippen LogP contribution in [0.5, 0.6) is 0 Å². The number of ether oxygens (including phenoxy) is 1. The van der Waals surface area contributed by atoms with Gasteiger partial charge >= 0.3 is 5.97 Å². The van der Waals surface area contributed by atoms with Crippen molar-refractivity contribution in [3.8, 4) is 22.9 Å². The lowest BCUT2D eigenvalue weighted by atomic mass is 10.1. The molecule has 34 heavy (non-hydrogen) atoms. The molecule has 1 N–H and O–H groups in total. The Balaban J connectivity index is 1.47. The van der Waals surface area contributed by atoms with Crippen LogP contribution in [0.3, 0.4) is 0 Å². The largest absolute Gasteiger partial charge is 0.465 e. The summed E-state index contributed by atoms with van der Waals surface area (Å²) in [6, 6.07) is 17.4. The first-order valence-electron chi connectivity index (χ1n) is 10.6. The van der Waals surface area contributed by atoms with Crippen molar-refractivity contribution < 1.29 is 18.7 Å². The molecule has 4 rings (SSSR count). The fourth-order valence-electron chi connectivity index (χ4n) is 3.30. The number of hydrogen-bond acceptors (Lipinski definition) is 7. The summed E-state index contributed by atoms with van der Waals surface area (Å²) in [5.74, 6) is -0.268. The van der Waals surface area contributed by atoms with E-state index in [1.54, 1.807) is 37.3 Å². The molecule has 0 saturated carbocycles. The normalized spacial score (nSPS) is 10.6. The van der Waals surface area contributed by atoms with Crippen LogP contribution in [0, 0.1) is 6.92 Å². The van der Waals surface area contributed by atoms with E-state index in [0.29, 0.717) is 22.9 Å². The Morgan fingerprint density at radius 1 is 1.00 bits per heavy atom. The Labute approximate surface area is 195 Å². The van der Waals surface area contributed by atoms with Gasteiger partial charge in [-0.1, -0.05) is 17.7 Å². The maximum absolute atomic E-state index is 12.7. The summed E-state index contributed by atoms with van der Waals surface area (Å²) in [4.78, 5) is 36.9. The summed E-state index contributed by atoms with van der Waals surface area (Å²) in [7, 11) is 0. The second kappa shape index (κ2) is 9.95. The average molecular weight is 458 g/mol. The number of anilines is 1. The maximum Gasteiger partial charge on any atom is 0.326 e. The Kier molecular flexibility index (Phi) is 6.63. The second-order valence-corrected chi connectivity index (χ2v) is 7.47. The van der Waals surface area contributed by atoms with Gasteiger partial charge in [0.15, 0.2) is 0 Å². The number of nitrogens with one attached hydrogen (secondary N) is 1. The first-order chi connectivity index (χ1) is 16.4. The van der Waals surface area contributed by atoms with Gasteiger partial charge in [0.25, 0.3) is 11.5 Å². The van der Waals surface area contributed by atoms with E-state index >= 15 is 0 Å². The lowest BCUT2D eigenvalue weighted by Crippen LogP contribution is -2.28. The van der Waals surface area contributed by atoms with Crippen molar-refractivity contribution in [2.75, 3.05) is 11.9 Å². The fraction of sp³-hybridized carbons (Fsp3) is 0.160. The summed E-state index contributed by atoms with van der Waals surface area (Å²) >= 11 is 0. The first-order valence-corrected chi connectivity index (χ1v) is 10.6. The Morgan fingerprint density at radius 2 is 1.74 bits per heavy atom. The van der Waals surface area contributed by atoms with Gasteiger partial charge in [0.05, 0.1) is 6.61 Å². The fourth-order valence-corrected chi connectivity index (χ4v) is 3.30. The zero-order chi connectivity index (χ0) is 24.1. The zero-order valence-corrected chi connectivity index (χ0v) is 18.6. The zero-order valence-electron chi connectivity index (χ0n) is 18.6. The second-order valence-electron chi connectivity index (χ2n) is 7.47. The van der Waals surface area contributed by atoms with Crippen molar-refractivity contribution >= 4 is 17.6 Å². The summed E-state index contributed by atoms with van der Waals surface area (Å²) in [5, 5.41) is 10.8. The molecule has 0 bridgehead atoms. The molecular formula is C25H22N4O5. The van der Waals surface area contributed by atoms with Crippen LogP contribution in [0.2, 0.25) is 0 Å². The molecule has 0 saturated heterocycles. The number of benzene rings is 2. The van der Waals surface area contributed by atoms with E-state index in [1.807, 2.05) is 31.2 Å². The Morgan fingerprint density at radius 3 is 2.44 bits per heavy atom. The lowest BCUT2D eigenvalue weighted by Gasteiger charge is -2.09. The van der Waals surface area contributed by atoms with Crippen molar-refractivity contribution in [2.45, 2.75) is 20.4 Å². The van der Waals surface area contributed by atoms with Gasteiger partial charge in [-0.2, -0.15) is 0 Å². The van der Waals surface area contributed by atoms with Crippen LogP contribution in [-0.2, 0) is 16.1 Å². The number of aryl methyl sites for hydroxylation is 1. The summed E-state index contributed by atoms with van der Waals surface area (Å²) in [5.41, 5.74) is 2.45. The molecule has 1 amide bonds. The van der Waals surface area contributed by atoms with Gasteiger partial charge in [0.1, 0.15) is 12.2 Å². The standard InChI is InChI=1S/C25H22N4O5/c1-3-33-21(30)15-29-13-5-8-20(25(29)32)26-22(31)17-9-11-18(12-10-17)23-27-28-24(34-23)19-7-4-6-16(2)14-19/h4-14H,3,15H2,1-2H3,(H,26,31). The number of carbonyl (C=O) groups excluding carboxylic acids is 2. The maximum atomic E-state index is 12.7. The summed E-state index contributed by atoms with van der Waals surface area (Å²) in [6.45, 7) is 3.65. The van der Waals surface area contributed by atoms with Gasteiger partial charge in [0, 0.05) is 22.9 Å². The highest BCUT2D eigenvalue weighted by Crippen LogP contribution is 2.24. The molecule has 0 aliphatic carbocycles. The summed E-state index contributed by atoms with van der Waals surface area (Å²) < 4.78 is 11.8. The van der Waals surface area contributed by atoms with Gasteiger partial charge < -0.3 is 19.0 Å². The third-order valence-electron chi connectivity index (χ3n) is 4.96. The molecule has 0 aliphatic heterocycles. The van der Waals surface area contributed by atoms with Crippen molar-refractivity contribution in [1.29, 1.82) is 0 Å². The molecule has 172 valence electrons. The number of pyridine rings is 1. The monoisotopic (exact) mass is 458 g/mol. The molecule has 0 aliphatic rings. The minimum absolute atomic E-state index is 0.0561. The van der Waals surface area contributed by atoms with Crippen molar-refractivity contribution in [1.82, 2.24) is 14.8 Å². The molecule has 0 radical (unpaired) electrons. The van der Waals surface area contributed by atoms with Crippen molar-refractivity contribution in [3.63, 3.8) is 0 Å². The van der Waals surface area contributed by atoms with Crippen molar-refractivity contribution in [2.24, 2.45) is 0 Å². The highest BCUT2D eigenvalue weighted by atomic mass is 16.5. The molecule has 2 aromatic carbocycles. The molecule has 0 unspecified atom stereocenters. The molecule has 4 aromatic rings. The smallest absolute Gasteiger partial charge is 0.326 e. The van der Waals surface area contributed by atoms with Gasteiger partial charge in [-0.3, -0.25) is 14.4 Å². The number of amides is 1. The SMILES string of the molecule is CCOC(=O)Cn1cccc(NC(=O)c2ccc(-c3nnc(-c4cccc(C)c4)o3)cc2)c1=O. The minimum atomic E-state index is -0.532. The van der Waals surface area contributed by atoms with Gasteiger partial charge in [-0.15, -0.1) is 10.2 Å². The Hall–Kier alpha value is -4.53. The van der Waals surface area contributed by atoms with Crippen LogP contribution in [0.15, 0.2) is 76.1 Å². The van der Waals surface area contributed by atoms with Crippen LogP contribution < -0.4 is 10.9 Å². The molecular weight excluding hydrogens is 436 g/mol. The highest BCUT2D eigenvalue weighted by Gasteiger charge is 2.14. The lowest BCUT2D eigenvalue weighted by molar-refractivity contribution is -0.143. The topological polar surface area (TPSA) is 116 Å². The molecule has 2 heterocycles. The number of esters is 1. The van der Waals surface area contributed by atoms with Crippen LogP contribution >= 0.6 is 0 Å². The predicted molar refractivity (Wildman–Crippen MR) is 125 cm³/mol. The molecule has 0 spiro atoms. The van der Waals surface area contributed by atoms with E-state index in [-0.39, 0.29) is 18.8 Å². The highest BCUT2D eigenvalue weighted by molar-refractivity contribution is 6.04. The van der Waals surface area contributed by atoms with E-state index in [9.17, 15) is 14.4 Å². The number of carbonyl (C=O) groups is 2. The summed E-state index contributed by atoms with van der Waals surface area (Å²) in [6.07, 6.45) is 1.46.